The molecular formula is C29H69N8O6SiTi. The third kappa shape index (κ3) is 80.4. The number of nitrogens with zero attached hydrogens (tertiary/aromatic N) is 2. The Bertz CT molecular complexity index is 519. The predicted molar refractivity (Wildman–Crippen MR) is 184 cm³/mol. The average Bonchev–Trinajstić information content (AvgIpc) is 3.03. The second-order valence-electron chi connectivity index (χ2n) is 8.68. The van der Waals surface area contributed by atoms with Gasteiger partial charge in [-0.2, -0.15) is 11.7 Å². The molecule has 0 saturated carbocycles. The van der Waals surface area contributed by atoms with Crippen LogP contribution in [0.1, 0.15) is 58.8 Å². The Hall–Kier alpha value is -0.799. The molecule has 14 nitrogen and oxygen atoms in total. The van der Waals surface area contributed by atoms with Gasteiger partial charge in [0.25, 0.3) is 6.26 Å². The summed E-state index contributed by atoms with van der Waals surface area (Å²) in [7, 11) is 2.50. The molecular weight excluding hydrogens is 632 g/mol. The molecule has 0 heterocycles. The number of unbranched alkanes of at least 4 members (excludes halogenated alkanes) is 4. The number of hydrogen-bond acceptors (Lipinski definition) is 14. The van der Waals surface area contributed by atoms with Gasteiger partial charge in [0.1, 0.15) is 6.61 Å². The Kier molecular flexibility index (Phi) is 82.2. The van der Waals surface area contributed by atoms with Crippen LogP contribution in [0.3, 0.4) is 0 Å². The third-order valence-electron chi connectivity index (χ3n) is 4.47. The minimum atomic E-state index is -2.32. The van der Waals surface area contributed by atoms with E-state index >= 15 is 0 Å². The summed E-state index contributed by atoms with van der Waals surface area (Å²) in [6.07, 6.45) is 9.70. The first kappa shape index (κ1) is 59.6. The zero-order chi connectivity index (χ0) is 35.2. The second kappa shape index (κ2) is 62.1. The van der Waals surface area contributed by atoms with Crippen molar-refractivity contribution in [2.24, 2.45) is 27.9 Å². The Morgan fingerprint density at radius 1 is 0.822 bits per heavy atom. The van der Waals surface area contributed by atoms with Crippen LogP contribution < -0.4 is 33.6 Å². The van der Waals surface area contributed by atoms with Crippen molar-refractivity contribution >= 4 is 14.9 Å². The second-order valence-corrected chi connectivity index (χ2v) is 11.8. The van der Waals surface area contributed by atoms with E-state index in [1.54, 1.807) is 41.4 Å². The number of nitrogens with two attached hydrogens (primary N) is 4. The van der Waals surface area contributed by atoms with E-state index in [-0.39, 0.29) is 27.8 Å². The van der Waals surface area contributed by atoms with Gasteiger partial charge in [0.2, 0.25) is 6.08 Å². The van der Waals surface area contributed by atoms with Crippen LogP contribution in [0.5, 0.6) is 0 Å². The number of aliphatic imine (C=N–C) groups is 1. The number of isocyanates is 1. The number of hydrogen-bond donors (Lipinski definition) is 7. The molecule has 269 valence electrons. The van der Waals surface area contributed by atoms with E-state index < -0.39 is 8.80 Å². The number of aliphatic hydroxyl groups excluding tert-OH is 1. The molecule has 0 aliphatic carbocycles. The van der Waals surface area contributed by atoms with Gasteiger partial charge >= 0.3 is 30.5 Å². The van der Waals surface area contributed by atoms with Crippen molar-refractivity contribution < 1.29 is 49.6 Å². The topological polar surface area (TPSA) is 239 Å². The SMILES string of the molecule is CC(C)O.CO[Si](CCCN)(OC)OC.N#COCCCCCN=C=O.[CH2-]CCCCN.[CH2-]CNCCN.[CH2-]CNCCN.[Ti+3]. The van der Waals surface area contributed by atoms with E-state index in [2.05, 4.69) is 41.1 Å². The molecule has 0 fully saturated rings. The Labute approximate surface area is 292 Å². The smallest absolute Gasteiger partial charge is 0.428 e. The fourth-order valence-corrected chi connectivity index (χ4v) is 4.03. The van der Waals surface area contributed by atoms with Crippen LogP contribution in [0.25, 0.3) is 0 Å². The van der Waals surface area contributed by atoms with E-state index in [0.29, 0.717) is 32.8 Å². The Balaban J connectivity index is -0.0000000795. The minimum absolute atomic E-state index is 0. The van der Waals surface area contributed by atoms with E-state index in [1.165, 1.54) is 12.5 Å². The van der Waals surface area contributed by atoms with Crippen molar-refractivity contribution in [2.45, 2.75) is 70.9 Å². The molecule has 0 atom stereocenters. The molecule has 0 bridgehead atoms. The largest absolute Gasteiger partial charge is 3.00 e. The number of aliphatic hydroxyl groups is 1. The van der Waals surface area contributed by atoms with Gasteiger partial charge in [-0.1, -0.05) is 6.42 Å². The quantitative estimate of drug-likeness (QED) is 0.0223. The summed E-state index contributed by atoms with van der Waals surface area (Å²) < 4.78 is 20.0. The summed E-state index contributed by atoms with van der Waals surface area (Å²) in [5.74, 6) is 0. The Morgan fingerprint density at radius 3 is 1.56 bits per heavy atom. The molecule has 0 aromatic rings. The summed E-state index contributed by atoms with van der Waals surface area (Å²) in [5.41, 5.74) is 20.8. The van der Waals surface area contributed by atoms with E-state index in [0.717, 1.165) is 77.3 Å². The van der Waals surface area contributed by atoms with Gasteiger partial charge in [0.15, 0.2) is 0 Å². The van der Waals surface area contributed by atoms with Gasteiger partial charge in [-0.25, -0.2) is 9.79 Å². The van der Waals surface area contributed by atoms with Crippen LogP contribution >= 0.6 is 0 Å². The number of ether oxygens (including phenoxy) is 1. The fraction of sp³-hybridized carbons (Fsp3) is 0.828. The van der Waals surface area contributed by atoms with Gasteiger partial charge in [-0.05, 0) is 59.0 Å². The van der Waals surface area contributed by atoms with Crippen molar-refractivity contribution in [3.8, 4) is 6.26 Å². The van der Waals surface area contributed by atoms with E-state index in [1.807, 2.05) is 0 Å². The molecule has 16 heteroatoms. The number of carbonyl (C=O) groups excluding carboxylic acids is 1. The first-order chi connectivity index (χ1) is 21.1. The van der Waals surface area contributed by atoms with Crippen LogP contribution in [-0.2, 0) is 44.5 Å². The monoisotopic (exact) mass is 701 g/mol. The maximum absolute atomic E-state index is 9.58. The number of nitriles is 1. The molecule has 0 aromatic carbocycles. The Morgan fingerprint density at radius 2 is 1.29 bits per heavy atom. The number of rotatable bonds is 21. The van der Waals surface area contributed by atoms with Crippen LogP contribution in [0.4, 0.5) is 0 Å². The standard InChI is InChI=1S/C7H10N2O2.C6H17NO3Si.C5H12N.2C4H11N2.C3H8O.Ti/c8-6-11-5-3-1-2-4-9-7-10;1-8-11(9-2,10-3)6-4-5-7;1-2-3-4-5-6;2*1-2-6-4-3-5;1-3(2)4;/h1-5H2;4-7H2,1-3H3;1-6H2;2*6H,1-5H2;3-4H,1-2H3;/q;;3*-1;;+3. The van der Waals surface area contributed by atoms with Gasteiger partial charge < -0.3 is 77.5 Å². The van der Waals surface area contributed by atoms with E-state index in [9.17, 15) is 4.79 Å². The minimum Gasteiger partial charge on any atom is -0.428 e. The summed E-state index contributed by atoms with van der Waals surface area (Å²) in [6, 6.07) is 0.785. The molecule has 1 radical (unpaired) electrons. The summed E-state index contributed by atoms with van der Waals surface area (Å²) in [5, 5.41) is 21.9. The van der Waals surface area contributed by atoms with Gasteiger partial charge in [0.05, 0.1) is 6.54 Å². The normalized spacial score (nSPS) is 9.27. The molecule has 0 spiro atoms. The van der Waals surface area contributed by atoms with Crippen LogP contribution in [0.15, 0.2) is 4.99 Å². The maximum Gasteiger partial charge on any atom is 3.00 e. The van der Waals surface area contributed by atoms with Crippen molar-refractivity contribution in [3.63, 3.8) is 0 Å². The third-order valence-corrected chi connectivity index (χ3v) is 7.30. The number of nitrogens with one attached hydrogen (secondary N) is 2. The zero-order valence-electron chi connectivity index (χ0n) is 29.1. The maximum atomic E-state index is 9.58. The molecule has 0 aliphatic rings. The molecule has 0 aliphatic heterocycles. The fourth-order valence-electron chi connectivity index (χ4n) is 2.28. The first-order valence-corrected chi connectivity index (χ1v) is 17.0. The van der Waals surface area contributed by atoms with Crippen molar-refractivity contribution in [1.29, 1.82) is 5.26 Å². The summed E-state index contributed by atoms with van der Waals surface area (Å²) in [6.45, 7) is 21.4. The zero-order valence-corrected chi connectivity index (χ0v) is 31.7. The molecule has 0 unspecified atom stereocenters. The van der Waals surface area contributed by atoms with Gasteiger partial charge in [0, 0.05) is 59.7 Å². The van der Waals surface area contributed by atoms with Crippen molar-refractivity contribution in [2.75, 3.05) is 86.8 Å². The summed E-state index contributed by atoms with van der Waals surface area (Å²) in [4.78, 5) is 13.0. The molecule has 11 N–H and O–H groups in total. The average molecular weight is 702 g/mol. The van der Waals surface area contributed by atoms with Crippen LogP contribution in [-0.4, -0.2) is 113 Å². The predicted octanol–water partition coefficient (Wildman–Crippen LogP) is 1.28. The van der Waals surface area contributed by atoms with Crippen molar-refractivity contribution in [3.05, 3.63) is 20.8 Å². The molecule has 0 aromatic heterocycles. The molecule has 0 amide bonds. The van der Waals surface area contributed by atoms with Crippen LogP contribution in [0.2, 0.25) is 6.04 Å². The molecule has 45 heavy (non-hydrogen) atoms. The molecule has 0 rings (SSSR count). The molecule has 0 saturated heterocycles. The van der Waals surface area contributed by atoms with Crippen molar-refractivity contribution in [1.82, 2.24) is 10.6 Å². The van der Waals surface area contributed by atoms with Gasteiger partial charge in [-0.15, -0.1) is 13.1 Å². The first-order valence-electron chi connectivity index (χ1n) is 15.1. The summed E-state index contributed by atoms with van der Waals surface area (Å²) >= 11 is 0. The van der Waals surface area contributed by atoms with Gasteiger partial charge in [-0.3, -0.25) is 0 Å². The van der Waals surface area contributed by atoms with Crippen LogP contribution in [0, 0.1) is 32.3 Å². The van der Waals surface area contributed by atoms with E-state index in [4.69, 9.17) is 46.6 Å².